The Kier molecular flexibility index (Phi) is 18.1. The fraction of sp³-hybridized carbons (Fsp3) is 0.480. The summed E-state index contributed by atoms with van der Waals surface area (Å²) in [5.41, 5.74) is 14.7. The van der Waals surface area contributed by atoms with Gasteiger partial charge in [-0.05, 0) is 132 Å². The SMILES string of the molecule is CCCCCCCCc1cc(N=[N+](CC)C(C)=Cc2cc(-c3ccccc3)c(CCCCCCCC)c(-c3ccccc3)c2)cc(CCCC)c1C. The molecule has 0 saturated heterocycles. The van der Waals surface area contributed by atoms with E-state index in [1.54, 1.807) is 0 Å². The van der Waals surface area contributed by atoms with E-state index in [2.05, 4.69) is 137 Å². The van der Waals surface area contributed by atoms with Crippen molar-refractivity contribution in [3.63, 3.8) is 0 Å². The molecule has 2 heteroatoms. The minimum Gasteiger partial charge on any atom is -0.0885 e. The van der Waals surface area contributed by atoms with E-state index in [9.17, 15) is 0 Å². The van der Waals surface area contributed by atoms with Gasteiger partial charge in [-0.2, -0.15) is 0 Å². The summed E-state index contributed by atoms with van der Waals surface area (Å²) in [7, 11) is 0. The standard InChI is InChI=1S/C50H69N2/c1-7-11-14-16-18-22-33-46-39-47(38-45(41(46)6)28-13-9-3)51-52(10-4)40(5)35-42-36-49(43-29-23-20-24-30-43)48(34-27-19-17-15-12-8-2)50(37-42)44-31-25-21-26-32-44/h20-21,23-26,29-32,35-39H,7-19,22,27-28,33-34H2,1-6H3/q+1. The Bertz CT molecular complexity index is 1620. The monoisotopic (exact) mass is 698 g/mol. The average Bonchev–Trinajstić information content (AvgIpc) is 3.17. The molecule has 52 heavy (non-hydrogen) atoms. The normalized spacial score (nSPS) is 12.1. The van der Waals surface area contributed by atoms with E-state index in [1.165, 1.54) is 140 Å². The van der Waals surface area contributed by atoms with Gasteiger partial charge in [0.25, 0.3) is 0 Å². The van der Waals surface area contributed by atoms with Crippen molar-refractivity contribution >= 4 is 11.8 Å². The molecule has 4 rings (SSSR count). The van der Waals surface area contributed by atoms with Gasteiger partial charge in [-0.1, -0.05) is 157 Å². The molecule has 0 amide bonds. The summed E-state index contributed by atoms with van der Waals surface area (Å²) in [6.07, 6.45) is 23.9. The number of rotatable bonds is 23. The summed E-state index contributed by atoms with van der Waals surface area (Å²) in [6.45, 7) is 14.5. The first kappa shape index (κ1) is 41.0. The van der Waals surface area contributed by atoms with Crippen LogP contribution < -0.4 is 0 Å². The first-order valence-electron chi connectivity index (χ1n) is 21.1. The summed E-state index contributed by atoms with van der Waals surface area (Å²) in [4.78, 5) is 0. The number of hydrogen-bond donors (Lipinski definition) is 0. The summed E-state index contributed by atoms with van der Waals surface area (Å²) in [5, 5.41) is 5.33. The lowest BCUT2D eigenvalue weighted by Gasteiger charge is -2.18. The summed E-state index contributed by atoms with van der Waals surface area (Å²) < 4.78 is 2.21. The first-order valence-corrected chi connectivity index (χ1v) is 21.1. The van der Waals surface area contributed by atoms with Crippen LogP contribution in [0.4, 0.5) is 5.69 Å². The fourth-order valence-electron chi connectivity index (χ4n) is 7.60. The second-order valence-corrected chi connectivity index (χ2v) is 15.0. The molecule has 0 aliphatic carbocycles. The van der Waals surface area contributed by atoms with Crippen LogP contribution in [0.5, 0.6) is 0 Å². The van der Waals surface area contributed by atoms with E-state index in [1.807, 2.05) is 0 Å². The molecule has 0 aromatic heterocycles. The van der Waals surface area contributed by atoms with Gasteiger partial charge in [0.05, 0.1) is 0 Å². The van der Waals surface area contributed by atoms with Crippen LogP contribution in [0, 0.1) is 6.92 Å². The van der Waals surface area contributed by atoms with Crippen LogP contribution in [-0.4, -0.2) is 11.2 Å². The number of aryl methyl sites for hydroxylation is 2. The van der Waals surface area contributed by atoms with Gasteiger partial charge in [0.15, 0.2) is 6.54 Å². The van der Waals surface area contributed by atoms with E-state index in [0.29, 0.717) is 0 Å². The Morgan fingerprint density at radius 1 is 0.558 bits per heavy atom. The minimum absolute atomic E-state index is 0.820. The highest BCUT2D eigenvalue weighted by molar-refractivity contribution is 5.82. The van der Waals surface area contributed by atoms with Crippen molar-refractivity contribution in [3.8, 4) is 22.3 Å². The van der Waals surface area contributed by atoms with Crippen molar-refractivity contribution in [3.05, 3.63) is 118 Å². The zero-order valence-electron chi connectivity index (χ0n) is 33.8. The molecular formula is C50H69N2+. The average molecular weight is 698 g/mol. The van der Waals surface area contributed by atoms with Gasteiger partial charge in [0.2, 0.25) is 5.70 Å². The van der Waals surface area contributed by atoms with E-state index in [4.69, 9.17) is 5.11 Å². The van der Waals surface area contributed by atoms with Gasteiger partial charge in [0.1, 0.15) is 5.69 Å². The highest BCUT2D eigenvalue weighted by Gasteiger charge is 2.17. The summed E-state index contributed by atoms with van der Waals surface area (Å²) in [5.74, 6) is 0. The largest absolute Gasteiger partial charge is 0.206 e. The maximum Gasteiger partial charge on any atom is 0.206 e. The van der Waals surface area contributed by atoms with Crippen LogP contribution in [0.1, 0.15) is 152 Å². The molecular weight excluding hydrogens is 629 g/mol. The molecule has 0 aliphatic rings. The maximum atomic E-state index is 5.33. The van der Waals surface area contributed by atoms with Crippen LogP contribution in [0.2, 0.25) is 0 Å². The van der Waals surface area contributed by atoms with E-state index in [0.717, 1.165) is 37.2 Å². The van der Waals surface area contributed by atoms with Crippen molar-refractivity contribution in [1.29, 1.82) is 0 Å². The van der Waals surface area contributed by atoms with Gasteiger partial charge >= 0.3 is 0 Å². The molecule has 0 spiro atoms. The van der Waals surface area contributed by atoms with Crippen LogP contribution in [-0.2, 0) is 19.3 Å². The Balaban J connectivity index is 1.72. The first-order chi connectivity index (χ1) is 25.5. The van der Waals surface area contributed by atoms with Crippen LogP contribution in [0.3, 0.4) is 0 Å². The molecule has 0 unspecified atom stereocenters. The van der Waals surface area contributed by atoms with E-state index in [-0.39, 0.29) is 0 Å². The lowest BCUT2D eigenvalue weighted by atomic mass is 9.86. The quantitative estimate of drug-likeness (QED) is 0.0416. The zero-order valence-corrected chi connectivity index (χ0v) is 33.8. The Labute approximate surface area is 318 Å². The second kappa shape index (κ2) is 23.0. The van der Waals surface area contributed by atoms with Crippen molar-refractivity contribution < 1.29 is 4.70 Å². The molecule has 0 aliphatic heterocycles. The number of allylic oxidation sites excluding steroid dienone is 1. The summed E-state index contributed by atoms with van der Waals surface area (Å²) >= 11 is 0. The Hall–Kier alpha value is -3.78. The second-order valence-electron chi connectivity index (χ2n) is 15.0. The Morgan fingerprint density at radius 2 is 1.02 bits per heavy atom. The third-order valence-corrected chi connectivity index (χ3v) is 10.7. The number of hydrogen-bond acceptors (Lipinski definition) is 1. The van der Waals surface area contributed by atoms with Crippen molar-refractivity contribution in [2.45, 2.75) is 151 Å². The molecule has 0 fully saturated rings. The molecule has 4 aromatic rings. The predicted molar refractivity (Wildman–Crippen MR) is 228 cm³/mol. The molecule has 0 N–H and O–H groups in total. The lowest BCUT2D eigenvalue weighted by Crippen LogP contribution is -2.06. The van der Waals surface area contributed by atoms with Crippen molar-refractivity contribution in [2.24, 2.45) is 5.11 Å². The maximum absolute atomic E-state index is 5.33. The van der Waals surface area contributed by atoms with Crippen LogP contribution in [0.15, 0.2) is 95.7 Å². The predicted octanol–water partition coefficient (Wildman–Crippen LogP) is 15.7. The molecule has 0 heterocycles. The third-order valence-electron chi connectivity index (χ3n) is 10.7. The topological polar surface area (TPSA) is 15.4 Å². The molecule has 0 atom stereocenters. The van der Waals surface area contributed by atoms with Gasteiger partial charge < -0.3 is 0 Å². The van der Waals surface area contributed by atoms with Crippen LogP contribution >= 0.6 is 0 Å². The molecule has 0 bridgehead atoms. The lowest BCUT2D eigenvalue weighted by molar-refractivity contribution is -0.537. The third kappa shape index (κ3) is 12.7. The molecule has 0 radical (unpaired) electrons. The highest BCUT2D eigenvalue weighted by Crippen LogP contribution is 2.36. The number of nitrogens with zero attached hydrogens (tertiary/aromatic N) is 2. The summed E-state index contributed by atoms with van der Waals surface area (Å²) in [6, 6.07) is 31.7. The molecule has 278 valence electrons. The Morgan fingerprint density at radius 3 is 1.52 bits per heavy atom. The number of unbranched alkanes of at least 4 members (excludes halogenated alkanes) is 11. The van der Waals surface area contributed by atoms with Crippen molar-refractivity contribution in [2.75, 3.05) is 6.54 Å². The van der Waals surface area contributed by atoms with Crippen molar-refractivity contribution in [1.82, 2.24) is 0 Å². The molecule has 0 saturated carbocycles. The van der Waals surface area contributed by atoms with E-state index >= 15 is 0 Å². The molecule has 2 nitrogen and oxygen atoms in total. The number of benzene rings is 4. The van der Waals surface area contributed by atoms with Gasteiger partial charge in [0, 0.05) is 13.0 Å². The van der Waals surface area contributed by atoms with Gasteiger partial charge in [-0.25, -0.2) is 0 Å². The van der Waals surface area contributed by atoms with Gasteiger partial charge in [-0.3, -0.25) is 0 Å². The van der Waals surface area contributed by atoms with Crippen LogP contribution in [0.25, 0.3) is 28.3 Å². The van der Waals surface area contributed by atoms with Gasteiger partial charge in [-0.15, -0.1) is 0 Å². The van der Waals surface area contributed by atoms with E-state index < -0.39 is 0 Å². The molecule has 4 aromatic carbocycles. The highest BCUT2D eigenvalue weighted by atomic mass is 15.3. The smallest absolute Gasteiger partial charge is 0.0885 e. The fourth-order valence-corrected chi connectivity index (χ4v) is 7.60. The zero-order chi connectivity index (χ0) is 37.0. The number of azo groups is 2. The minimum atomic E-state index is 0.820.